The van der Waals surface area contributed by atoms with E-state index in [9.17, 15) is 8.42 Å². The van der Waals surface area contributed by atoms with Crippen LogP contribution in [0.1, 0.15) is 26.7 Å². The summed E-state index contributed by atoms with van der Waals surface area (Å²) in [6, 6.07) is 1.83. The van der Waals surface area contributed by atoms with E-state index >= 15 is 0 Å². The Morgan fingerprint density at radius 1 is 1.33 bits per heavy atom. The fourth-order valence-electron chi connectivity index (χ4n) is 0.718. The lowest BCUT2D eigenvalue weighted by Crippen LogP contribution is -2.12. The number of hydrogen-bond donors (Lipinski definition) is 0. The van der Waals surface area contributed by atoms with Crippen LogP contribution in [0.5, 0.6) is 0 Å². The van der Waals surface area contributed by atoms with Crippen molar-refractivity contribution < 1.29 is 8.42 Å². The molecule has 0 aliphatic rings. The van der Waals surface area contributed by atoms with Crippen LogP contribution in [0.3, 0.4) is 0 Å². The van der Waals surface area contributed by atoms with E-state index in [1.807, 2.05) is 19.9 Å². The van der Waals surface area contributed by atoms with Gasteiger partial charge in [-0.1, -0.05) is 13.8 Å². The summed E-state index contributed by atoms with van der Waals surface area (Å²) in [6.07, 6.45) is 0.800. The second kappa shape index (κ2) is 5.15. The number of nitrogens with zero attached hydrogens (tertiary/aromatic N) is 1. The molecule has 70 valence electrons. The van der Waals surface area contributed by atoms with Crippen molar-refractivity contribution in [2.24, 2.45) is 5.92 Å². The molecule has 0 aromatic rings. The van der Waals surface area contributed by atoms with Crippen LogP contribution in [0.25, 0.3) is 0 Å². The highest BCUT2D eigenvalue weighted by atomic mass is 32.2. The number of sulfone groups is 1. The van der Waals surface area contributed by atoms with Crippen molar-refractivity contribution in [2.45, 2.75) is 26.7 Å². The Kier molecular flexibility index (Phi) is 4.91. The van der Waals surface area contributed by atoms with Gasteiger partial charge in [0.25, 0.3) is 0 Å². The quantitative estimate of drug-likeness (QED) is 0.656. The molecule has 4 heteroatoms. The van der Waals surface area contributed by atoms with Gasteiger partial charge < -0.3 is 0 Å². The van der Waals surface area contributed by atoms with Crippen LogP contribution in [-0.2, 0) is 9.84 Å². The maximum absolute atomic E-state index is 11.1. The molecule has 0 rings (SSSR count). The van der Waals surface area contributed by atoms with Gasteiger partial charge in [0.1, 0.15) is 0 Å². The molecule has 0 atom stereocenters. The van der Waals surface area contributed by atoms with Crippen molar-refractivity contribution >= 4 is 9.84 Å². The summed E-state index contributed by atoms with van der Waals surface area (Å²) in [4.78, 5) is 0. The zero-order valence-electron chi connectivity index (χ0n) is 7.58. The fourth-order valence-corrected chi connectivity index (χ4v) is 2.16. The highest BCUT2D eigenvalue weighted by Gasteiger charge is 2.10. The van der Waals surface area contributed by atoms with Crippen LogP contribution in [0.2, 0.25) is 0 Å². The average Bonchev–Trinajstić information content (AvgIpc) is 1.98. The maximum atomic E-state index is 11.1. The molecule has 0 aliphatic heterocycles. The molecule has 0 heterocycles. The SMILES string of the molecule is CC(C)CCS(=O)(=O)CCC#N. The Bertz CT molecular complexity index is 249. The first-order chi connectivity index (χ1) is 5.48. The summed E-state index contributed by atoms with van der Waals surface area (Å²) in [6.45, 7) is 3.97. The molecule has 0 fully saturated rings. The first-order valence-electron chi connectivity index (χ1n) is 4.05. The molecule has 0 unspecified atom stereocenters. The lowest BCUT2D eigenvalue weighted by Gasteiger charge is -2.03. The van der Waals surface area contributed by atoms with Gasteiger partial charge in [-0.05, 0) is 12.3 Å². The Morgan fingerprint density at radius 3 is 2.33 bits per heavy atom. The van der Waals surface area contributed by atoms with Crippen LogP contribution in [0.4, 0.5) is 0 Å². The predicted octanol–water partition coefficient (Wildman–Crippen LogP) is 1.36. The summed E-state index contributed by atoms with van der Waals surface area (Å²) >= 11 is 0. The van der Waals surface area contributed by atoms with E-state index in [-0.39, 0.29) is 17.9 Å². The molecule has 0 bridgehead atoms. The summed E-state index contributed by atoms with van der Waals surface area (Å²) < 4.78 is 22.3. The number of hydrogen-bond acceptors (Lipinski definition) is 3. The van der Waals surface area contributed by atoms with Crippen LogP contribution in [0, 0.1) is 17.2 Å². The first-order valence-corrected chi connectivity index (χ1v) is 5.87. The molecule has 0 spiro atoms. The van der Waals surface area contributed by atoms with Crippen LogP contribution in [-0.4, -0.2) is 19.9 Å². The van der Waals surface area contributed by atoms with Crippen LogP contribution in [0.15, 0.2) is 0 Å². The first kappa shape index (κ1) is 11.4. The van der Waals surface area contributed by atoms with E-state index in [4.69, 9.17) is 5.26 Å². The van der Waals surface area contributed by atoms with Gasteiger partial charge in [-0.2, -0.15) is 5.26 Å². The Hall–Kier alpha value is -0.560. The average molecular weight is 189 g/mol. The van der Waals surface area contributed by atoms with Gasteiger partial charge in [-0.3, -0.25) is 0 Å². The fraction of sp³-hybridized carbons (Fsp3) is 0.875. The van der Waals surface area contributed by atoms with Gasteiger partial charge in [0.2, 0.25) is 0 Å². The minimum absolute atomic E-state index is 0.0101. The standard InChI is InChI=1S/C8H15NO2S/c1-8(2)4-7-12(10,11)6-3-5-9/h8H,3-4,6-7H2,1-2H3. The lowest BCUT2D eigenvalue weighted by molar-refractivity contribution is 0.573. The summed E-state index contributed by atoms with van der Waals surface area (Å²) in [5.41, 5.74) is 0. The van der Waals surface area contributed by atoms with E-state index in [2.05, 4.69) is 0 Å². The van der Waals surface area contributed by atoms with Gasteiger partial charge in [-0.25, -0.2) is 8.42 Å². The minimum atomic E-state index is -2.96. The smallest absolute Gasteiger partial charge is 0.151 e. The molecule has 0 aliphatic carbocycles. The topological polar surface area (TPSA) is 57.9 Å². The van der Waals surface area contributed by atoms with Gasteiger partial charge in [0, 0.05) is 6.42 Å². The van der Waals surface area contributed by atoms with Crippen molar-refractivity contribution in [3.63, 3.8) is 0 Å². The second-order valence-corrected chi connectivity index (χ2v) is 5.55. The van der Waals surface area contributed by atoms with Gasteiger partial charge in [-0.15, -0.1) is 0 Å². The van der Waals surface area contributed by atoms with Crippen molar-refractivity contribution in [3.05, 3.63) is 0 Å². The molecular weight excluding hydrogens is 174 g/mol. The zero-order valence-corrected chi connectivity index (χ0v) is 8.39. The second-order valence-electron chi connectivity index (χ2n) is 3.24. The molecule has 0 aromatic heterocycles. The largest absolute Gasteiger partial charge is 0.229 e. The highest BCUT2D eigenvalue weighted by Crippen LogP contribution is 2.04. The Labute approximate surface area is 74.3 Å². The van der Waals surface area contributed by atoms with Crippen LogP contribution < -0.4 is 0 Å². The van der Waals surface area contributed by atoms with E-state index in [1.165, 1.54) is 0 Å². The van der Waals surface area contributed by atoms with Gasteiger partial charge >= 0.3 is 0 Å². The molecule has 12 heavy (non-hydrogen) atoms. The predicted molar refractivity (Wildman–Crippen MR) is 48.3 cm³/mol. The zero-order chi connectivity index (χ0) is 9.61. The van der Waals surface area contributed by atoms with Gasteiger partial charge in [0.15, 0.2) is 9.84 Å². The molecule has 0 saturated heterocycles. The Balaban J connectivity index is 3.83. The van der Waals surface area contributed by atoms with E-state index in [0.717, 1.165) is 0 Å². The molecular formula is C8H15NO2S. The van der Waals surface area contributed by atoms with Crippen molar-refractivity contribution in [1.29, 1.82) is 5.26 Å². The molecule has 0 radical (unpaired) electrons. The van der Waals surface area contributed by atoms with E-state index in [1.54, 1.807) is 0 Å². The van der Waals surface area contributed by atoms with Crippen molar-refractivity contribution in [2.75, 3.05) is 11.5 Å². The van der Waals surface area contributed by atoms with Gasteiger partial charge in [0.05, 0.1) is 17.6 Å². The van der Waals surface area contributed by atoms with Crippen molar-refractivity contribution in [3.8, 4) is 6.07 Å². The number of nitriles is 1. The van der Waals surface area contributed by atoms with E-state index < -0.39 is 9.84 Å². The Morgan fingerprint density at radius 2 is 1.92 bits per heavy atom. The molecule has 0 aromatic carbocycles. The molecule has 0 saturated carbocycles. The monoisotopic (exact) mass is 189 g/mol. The molecule has 0 amide bonds. The van der Waals surface area contributed by atoms with Crippen LogP contribution >= 0.6 is 0 Å². The minimum Gasteiger partial charge on any atom is -0.229 e. The third kappa shape index (κ3) is 6.17. The lowest BCUT2D eigenvalue weighted by atomic mass is 10.2. The van der Waals surface area contributed by atoms with Crippen molar-refractivity contribution in [1.82, 2.24) is 0 Å². The number of rotatable bonds is 5. The summed E-state index contributed by atoms with van der Waals surface area (Å²) in [5, 5.41) is 8.19. The highest BCUT2D eigenvalue weighted by molar-refractivity contribution is 7.91. The molecule has 3 nitrogen and oxygen atoms in total. The molecule has 0 N–H and O–H groups in total. The van der Waals surface area contributed by atoms with E-state index in [0.29, 0.717) is 12.3 Å². The maximum Gasteiger partial charge on any atom is 0.151 e. The summed E-state index contributed by atoms with van der Waals surface area (Å²) in [5.74, 6) is 0.629. The summed E-state index contributed by atoms with van der Waals surface area (Å²) in [7, 11) is -2.96. The third-order valence-corrected chi connectivity index (χ3v) is 3.21. The normalized spacial score (nSPS) is 11.5. The third-order valence-electron chi connectivity index (χ3n) is 1.53.